The number of carbonyl (C=O) groups is 1. The third-order valence-corrected chi connectivity index (χ3v) is 3.46. The maximum absolute atomic E-state index is 12.5. The minimum atomic E-state index is -0.135. The summed E-state index contributed by atoms with van der Waals surface area (Å²) in [5.74, 6) is 0.474. The molecule has 2 rings (SSSR count). The van der Waals surface area contributed by atoms with Gasteiger partial charge in [-0.05, 0) is 42.7 Å². The molecule has 0 aliphatic heterocycles. The highest BCUT2D eigenvalue weighted by Gasteiger charge is 2.14. The van der Waals surface area contributed by atoms with Crippen LogP contribution in [0.1, 0.15) is 27.0 Å². The van der Waals surface area contributed by atoms with Crippen LogP contribution in [-0.2, 0) is 6.54 Å². The smallest absolute Gasteiger partial charge is 0.256 e. The van der Waals surface area contributed by atoms with Gasteiger partial charge in [0, 0.05) is 12.1 Å². The van der Waals surface area contributed by atoms with Gasteiger partial charge < -0.3 is 15.8 Å². The number of benzene rings is 2. The molecule has 0 atom stereocenters. The minimum absolute atomic E-state index is 0.135. The molecular weight excluding hydrogens is 264 g/mol. The summed E-state index contributed by atoms with van der Waals surface area (Å²) in [5.41, 5.74) is 9.80. The zero-order chi connectivity index (χ0) is 15.4. The predicted molar refractivity (Wildman–Crippen MR) is 84.8 cm³/mol. The van der Waals surface area contributed by atoms with E-state index in [1.54, 1.807) is 7.11 Å². The fourth-order valence-corrected chi connectivity index (χ4v) is 2.32. The SMILES string of the molecule is COc1cc(CN)ccc1NC(=O)c1c(C)cccc1C. The third-order valence-electron chi connectivity index (χ3n) is 3.46. The highest BCUT2D eigenvalue weighted by molar-refractivity contribution is 6.07. The summed E-state index contributed by atoms with van der Waals surface area (Å²) in [4.78, 5) is 12.5. The van der Waals surface area contributed by atoms with Gasteiger partial charge in [0.2, 0.25) is 0 Å². The van der Waals surface area contributed by atoms with E-state index in [1.807, 2.05) is 50.2 Å². The first kappa shape index (κ1) is 15.1. The summed E-state index contributed by atoms with van der Waals surface area (Å²) in [7, 11) is 1.57. The first-order chi connectivity index (χ1) is 10.1. The number of anilines is 1. The summed E-state index contributed by atoms with van der Waals surface area (Å²) in [5, 5.41) is 2.91. The molecule has 2 aromatic carbocycles. The maximum Gasteiger partial charge on any atom is 0.256 e. The number of aryl methyl sites for hydroxylation is 2. The van der Waals surface area contributed by atoms with Gasteiger partial charge >= 0.3 is 0 Å². The molecule has 0 unspecified atom stereocenters. The molecule has 1 amide bonds. The topological polar surface area (TPSA) is 64.3 Å². The first-order valence-electron chi connectivity index (χ1n) is 6.81. The zero-order valence-corrected chi connectivity index (χ0v) is 12.6. The van der Waals surface area contributed by atoms with Gasteiger partial charge in [-0.15, -0.1) is 0 Å². The van der Waals surface area contributed by atoms with Gasteiger partial charge in [0.15, 0.2) is 0 Å². The van der Waals surface area contributed by atoms with Crippen molar-refractivity contribution in [1.82, 2.24) is 0 Å². The van der Waals surface area contributed by atoms with E-state index in [-0.39, 0.29) is 5.91 Å². The molecule has 0 aliphatic carbocycles. The average molecular weight is 284 g/mol. The molecule has 0 saturated heterocycles. The zero-order valence-electron chi connectivity index (χ0n) is 12.6. The molecule has 0 bridgehead atoms. The lowest BCUT2D eigenvalue weighted by Crippen LogP contribution is -2.15. The van der Waals surface area contributed by atoms with E-state index in [0.717, 1.165) is 16.7 Å². The van der Waals surface area contributed by atoms with Gasteiger partial charge in [-0.1, -0.05) is 24.3 Å². The summed E-state index contributed by atoms with van der Waals surface area (Å²) in [6.45, 7) is 4.29. The maximum atomic E-state index is 12.5. The Morgan fingerprint density at radius 3 is 2.43 bits per heavy atom. The Hall–Kier alpha value is -2.33. The molecule has 21 heavy (non-hydrogen) atoms. The molecule has 4 nitrogen and oxygen atoms in total. The second kappa shape index (κ2) is 6.41. The quantitative estimate of drug-likeness (QED) is 0.907. The first-order valence-corrected chi connectivity index (χ1v) is 6.81. The summed E-state index contributed by atoms with van der Waals surface area (Å²) >= 11 is 0. The van der Waals surface area contributed by atoms with Crippen LogP contribution < -0.4 is 15.8 Å². The Morgan fingerprint density at radius 2 is 1.86 bits per heavy atom. The number of hydrogen-bond acceptors (Lipinski definition) is 3. The van der Waals surface area contributed by atoms with Crippen molar-refractivity contribution in [3.8, 4) is 5.75 Å². The van der Waals surface area contributed by atoms with Gasteiger partial charge in [0.05, 0.1) is 12.8 Å². The number of nitrogens with one attached hydrogen (secondary N) is 1. The molecule has 0 fully saturated rings. The number of amides is 1. The van der Waals surface area contributed by atoms with Crippen LogP contribution in [0.25, 0.3) is 0 Å². The second-order valence-electron chi connectivity index (χ2n) is 4.96. The third kappa shape index (κ3) is 3.23. The Balaban J connectivity index is 2.32. The van der Waals surface area contributed by atoms with Gasteiger partial charge in [-0.2, -0.15) is 0 Å². The molecule has 0 aliphatic rings. The number of rotatable bonds is 4. The monoisotopic (exact) mass is 284 g/mol. The molecular formula is C17H20N2O2. The normalized spacial score (nSPS) is 10.3. The number of carbonyl (C=O) groups excluding carboxylic acids is 1. The van der Waals surface area contributed by atoms with E-state index in [0.29, 0.717) is 23.5 Å². The van der Waals surface area contributed by atoms with Crippen molar-refractivity contribution in [1.29, 1.82) is 0 Å². The van der Waals surface area contributed by atoms with Crippen LogP contribution in [-0.4, -0.2) is 13.0 Å². The van der Waals surface area contributed by atoms with Crippen LogP contribution in [0.4, 0.5) is 5.69 Å². The molecule has 110 valence electrons. The van der Waals surface area contributed by atoms with Crippen molar-refractivity contribution in [2.75, 3.05) is 12.4 Å². The molecule has 0 radical (unpaired) electrons. The lowest BCUT2D eigenvalue weighted by Gasteiger charge is -2.13. The number of ether oxygens (including phenoxy) is 1. The van der Waals surface area contributed by atoms with Crippen LogP contribution in [0.3, 0.4) is 0 Å². The van der Waals surface area contributed by atoms with Crippen molar-refractivity contribution in [2.24, 2.45) is 5.73 Å². The molecule has 0 saturated carbocycles. The lowest BCUT2D eigenvalue weighted by atomic mass is 10.0. The standard InChI is InChI=1S/C17H20N2O2/c1-11-5-4-6-12(2)16(11)17(20)19-14-8-7-13(10-18)9-15(14)21-3/h4-9H,10,18H2,1-3H3,(H,19,20). The van der Waals surface area contributed by atoms with Crippen LogP contribution >= 0.6 is 0 Å². The van der Waals surface area contributed by atoms with E-state index in [9.17, 15) is 4.79 Å². The Labute approximate surface area is 124 Å². The van der Waals surface area contributed by atoms with Gasteiger partial charge in [-0.25, -0.2) is 0 Å². The van der Waals surface area contributed by atoms with Crippen molar-refractivity contribution < 1.29 is 9.53 Å². The summed E-state index contributed by atoms with van der Waals surface area (Å²) in [6.07, 6.45) is 0. The van der Waals surface area contributed by atoms with Crippen LogP contribution in [0.2, 0.25) is 0 Å². The molecule has 4 heteroatoms. The summed E-state index contributed by atoms with van der Waals surface area (Å²) in [6, 6.07) is 11.3. The van der Waals surface area contributed by atoms with E-state index < -0.39 is 0 Å². The Kier molecular flexibility index (Phi) is 4.60. The number of hydrogen-bond donors (Lipinski definition) is 2. The van der Waals surface area contributed by atoms with Crippen molar-refractivity contribution >= 4 is 11.6 Å². The molecule has 0 aromatic heterocycles. The van der Waals surface area contributed by atoms with Gasteiger partial charge in [0.1, 0.15) is 5.75 Å². The second-order valence-corrected chi connectivity index (χ2v) is 4.96. The summed E-state index contributed by atoms with van der Waals surface area (Å²) < 4.78 is 5.31. The Bertz CT molecular complexity index is 646. The van der Waals surface area contributed by atoms with Crippen LogP contribution in [0.15, 0.2) is 36.4 Å². The van der Waals surface area contributed by atoms with Crippen molar-refractivity contribution in [3.05, 3.63) is 58.7 Å². The van der Waals surface area contributed by atoms with E-state index in [1.165, 1.54) is 0 Å². The molecule has 3 N–H and O–H groups in total. The molecule has 0 spiro atoms. The van der Waals surface area contributed by atoms with E-state index >= 15 is 0 Å². The van der Waals surface area contributed by atoms with Crippen LogP contribution in [0, 0.1) is 13.8 Å². The fourth-order valence-electron chi connectivity index (χ4n) is 2.32. The highest BCUT2D eigenvalue weighted by Crippen LogP contribution is 2.26. The lowest BCUT2D eigenvalue weighted by molar-refractivity contribution is 0.102. The molecule has 0 heterocycles. The average Bonchev–Trinajstić information content (AvgIpc) is 2.47. The largest absolute Gasteiger partial charge is 0.495 e. The fraction of sp³-hybridized carbons (Fsp3) is 0.235. The number of nitrogens with two attached hydrogens (primary N) is 1. The predicted octanol–water partition coefficient (Wildman–Crippen LogP) is 3.02. The van der Waals surface area contributed by atoms with Gasteiger partial charge in [0.25, 0.3) is 5.91 Å². The van der Waals surface area contributed by atoms with Gasteiger partial charge in [-0.3, -0.25) is 4.79 Å². The van der Waals surface area contributed by atoms with E-state index in [4.69, 9.17) is 10.5 Å². The molecule has 2 aromatic rings. The Morgan fingerprint density at radius 1 is 1.19 bits per heavy atom. The minimum Gasteiger partial charge on any atom is -0.495 e. The highest BCUT2D eigenvalue weighted by atomic mass is 16.5. The van der Waals surface area contributed by atoms with Crippen molar-refractivity contribution in [2.45, 2.75) is 20.4 Å². The van der Waals surface area contributed by atoms with Crippen LogP contribution in [0.5, 0.6) is 5.75 Å². The van der Waals surface area contributed by atoms with E-state index in [2.05, 4.69) is 5.32 Å². The van der Waals surface area contributed by atoms with Crippen molar-refractivity contribution in [3.63, 3.8) is 0 Å². The number of methoxy groups -OCH3 is 1.